The van der Waals surface area contributed by atoms with Gasteiger partial charge in [-0.25, -0.2) is 0 Å². The number of hydrogen-bond acceptors (Lipinski definition) is 4. The second-order valence-corrected chi connectivity index (χ2v) is 9.36. The minimum Gasteiger partial charge on any atom is -0.341 e. The number of benzene rings is 1. The van der Waals surface area contributed by atoms with Crippen LogP contribution in [-0.2, 0) is 15.8 Å². The van der Waals surface area contributed by atoms with Gasteiger partial charge < -0.3 is 20.9 Å². The number of carbonyl (C=O) groups is 2. The summed E-state index contributed by atoms with van der Waals surface area (Å²) in [6, 6.07) is 4.91. The molecule has 0 radical (unpaired) electrons. The Bertz CT molecular complexity index is 814. The summed E-state index contributed by atoms with van der Waals surface area (Å²) in [5.74, 6) is -0.233. The molecule has 1 aromatic carbocycles. The van der Waals surface area contributed by atoms with Crippen LogP contribution in [0.2, 0.25) is 0 Å². The molecule has 0 saturated carbocycles. The maximum absolute atomic E-state index is 12.9. The molecule has 9 heteroatoms. The van der Waals surface area contributed by atoms with E-state index in [4.69, 9.17) is 5.73 Å². The molecule has 1 aromatic rings. The number of likely N-dealkylation sites (tertiary alicyclic amines) is 2. The van der Waals surface area contributed by atoms with Gasteiger partial charge in [-0.1, -0.05) is 6.07 Å². The summed E-state index contributed by atoms with van der Waals surface area (Å²) in [5, 5.41) is 2.65. The summed E-state index contributed by atoms with van der Waals surface area (Å²) >= 11 is 0. The van der Waals surface area contributed by atoms with E-state index in [9.17, 15) is 22.8 Å². The average molecular weight is 441 g/mol. The third kappa shape index (κ3) is 5.57. The number of nitrogens with zero attached hydrogens (tertiary/aromatic N) is 2. The van der Waals surface area contributed by atoms with Crippen molar-refractivity contribution in [3.05, 3.63) is 29.8 Å². The molecular formula is C22H31F3N4O2. The zero-order valence-electron chi connectivity index (χ0n) is 18.2. The average Bonchev–Trinajstić information content (AvgIpc) is 3.08. The van der Waals surface area contributed by atoms with Crippen LogP contribution in [0.4, 0.5) is 18.9 Å². The van der Waals surface area contributed by atoms with E-state index in [0.29, 0.717) is 32.0 Å². The van der Waals surface area contributed by atoms with Crippen molar-refractivity contribution in [2.75, 3.05) is 32.0 Å². The van der Waals surface area contributed by atoms with Gasteiger partial charge in [0.1, 0.15) is 0 Å². The lowest BCUT2D eigenvalue weighted by atomic mass is 9.86. The predicted molar refractivity (Wildman–Crippen MR) is 112 cm³/mol. The standard InChI is InChI=1S/C22H31F3N4O2/c1-21(2,26)20(31)29-9-7-14(8-10-29)18-11-15(13-28(18)3)19(30)27-17-6-4-5-16(12-17)22(23,24)25/h4-6,12,14-15,18H,7-11,13,26H2,1-3H3,(H,27,30)/t15-,18+/m0/s1. The fraction of sp³-hybridized carbons (Fsp3) is 0.636. The second-order valence-electron chi connectivity index (χ2n) is 9.36. The van der Waals surface area contributed by atoms with Crippen LogP contribution in [0.3, 0.4) is 0 Å². The molecule has 172 valence electrons. The maximum Gasteiger partial charge on any atom is 0.416 e. The van der Waals surface area contributed by atoms with Crippen molar-refractivity contribution in [2.45, 2.75) is 50.9 Å². The van der Waals surface area contributed by atoms with Crippen LogP contribution in [-0.4, -0.2) is 59.9 Å². The van der Waals surface area contributed by atoms with Gasteiger partial charge in [0, 0.05) is 31.4 Å². The van der Waals surface area contributed by atoms with E-state index in [1.807, 2.05) is 11.9 Å². The quantitative estimate of drug-likeness (QED) is 0.755. The zero-order valence-corrected chi connectivity index (χ0v) is 18.2. The fourth-order valence-electron chi connectivity index (χ4n) is 4.68. The first kappa shape index (κ1) is 23.5. The summed E-state index contributed by atoms with van der Waals surface area (Å²) in [7, 11) is 1.97. The van der Waals surface area contributed by atoms with Gasteiger partial charge in [0.05, 0.1) is 17.0 Å². The minimum atomic E-state index is -4.45. The van der Waals surface area contributed by atoms with E-state index >= 15 is 0 Å². The highest BCUT2D eigenvalue weighted by atomic mass is 19.4. The van der Waals surface area contributed by atoms with E-state index in [1.165, 1.54) is 12.1 Å². The highest BCUT2D eigenvalue weighted by Crippen LogP contribution is 2.34. The van der Waals surface area contributed by atoms with Gasteiger partial charge in [0.25, 0.3) is 0 Å². The van der Waals surface area contributed by atoms with Gasteiger partial charge in [-0.2, -0.15) is 13.2 Å². The number of amides is 2. The summed E-state index contributed by atoms with van der Waals surface area (Å²) in [5.41, 5.74) is 4.42. The molecule has 0 aliphatic carbocycles. The number of halogens is 3. The number of hydrogen-bond donors (Lipinski definition) is 2. The molecule has 3 rings (SSSR count). The molecule has 31 heavy (non-hydrogen) atoms. The highest BCUT2D eigenvalue weighted by molar-refractivity contribution is 5.93. The number of rotatable bonds is 4. The molecule has 2 fully saturated rings. The van der Waals surface area contributed by atoms with E-state index in [2.05, 4.69) is 10.2 Å². The van der Waals surface area contributed by atoms with Crippen molar-refractivity contribution < 1.29 is 22.8 Å². The van der Waals surface area contributed by atoms with Gasteiger partial charge in [-0.3, -0.25) is 9.59 Å². The molecule has 2 amide bonds. The van der Waals surface area contributed by atoms with Gasteiger partial charge in [-0.15, -0.1) is 0 Å². The molecule has 3 N–H and O–H groups in total. The molecule has 0 bridgehead atoms. The smallest absolute Gasteiger partial charge is 0.341 e. The van der Waals surface area contributed by atoms with Crippen LogP contribution in [0.1, 0.15) is 38.7 Å². The molecule has 2 saturated heterocycles. The Balaban J connectivity index is 1.56. The topological polar surface area (TPSA) is 78.7 Å². The van der Waals surface area contributed by atoms with Gasteiger partial charge in [-0.05, 0) is 64.3 Å². The molecule has 2 heterocycles. The third-order valence-electron chi connectivity index (χ3n) is 6.35. The molecule has 0 unspecified atom stereocenters. The Labute approximate surface area is 180 Å². The van der Waals surface area contributed by atoms with Gasteiger partial charge in [0.15, 0.2) is 0 Å². The number of nitrogens with one attached hydrogen (secondary N) is 1. The summed E-state index contributed by atoms with van der Waals surface area (Å²) < 4.78 is 38.7. The number of carbonyl (C=O) groups excluding carboxylic acids is 2. The summed E-state index contributed by atoms with van der Waals surface area (Å²) in [6.45, 7) is 5.27. The number of nitrogens with two attached hydrogens (primary N) is 1. The first-order chi connectivity index (χ1) is 14.4. The Kier molecular flexibility index (Phi) is 6.67. The first-order valence-corrected chi connectivity index (χ1v) is 10.6. The van der Waals surface area contributed by atoms with Crippen LogP contribution < -0.4 is 11.1 Å². The van der Waals surface area contributed by atoms with Crippen LogP contribution in [0.25, 0.3) is 0 Å². The first-order valence-electron chi connectivity index (χ1n) is 10.6. The van der Waals surface area contributed by atoms with E-state index in [-0.39, 0.29) is 29.5 Å². The van der Waals surface area contributed by atoms with Crippen molar-refractivity contribution in [3.8, 4) is 0 Å². The van der Waals surface area contributed by atoms with Crippen LogP contribution in [0, 0.1) is 11.8 Å². The lowest BCUT2D eigenvalue weighted by molar-refractivity contribution is -0.138. The fourth-order valence-corrected chi connectivity index (χ4v) is 4.68. The molecule has 0 aromatic heterocycles. The summed E-state index contributed by atoms with van der Waals surface area (Å²) in [4.78, 5) is 29.1. The zero-order chi connectivity index (χ0) is 23.0. The lowest BCUT2D eigenvalue weighted by Crippen LogP contribution is -2.54. The van der Waals surface area contributed by atoms with Crippen LogP contribution >= 0.6 is 0 Å². The Hall–Kier alpha value is -2.13. The van der Waals surface area contributed by atoms with E-state index in [0.717, 1.165) is 25.0 Å². The second kappa shape index (κ2) is 8.78. The van der Waals surface area contributed by atoms with Gasteiger partial charge in [0.2, 0.25) is 11.8 Å². The normalized spacial score (nSPS) is 23.8. The SMILES string of the molecule is CN1C[C@@H](C(=O)Nc2cccc(C(F)(F)F)c2)C[C@@H]1C1CCN(C(=O)C(C)(C)N)CC1. The number of alkyl halides is 3. The molecular weight excluding hydrogens is 409 g/mol. The Morgan fingerprint density at radius 1 is 1.16 bits per heavy atom. The molecule has 2 aliphatic rings. The maximum atomic E-state index is 12.9. The van der Waals surface area contributed by atoms with E-state index in [1.54, 1.807) is 13.8 Å². The van der Waals surface area contributed by atoms with Crippen molar-refractivity contribution in [2.24, 2.45) is 17.6 Å². The van der Waals surface area contributed by atoms with Crippen molar-refractivity contribution in [3.63, 3.8) is 0 Å². The van der Waals surface area contributed by atoms with Crippen molar-refractivity contribution in [1.29, 1.82) is 0 Å². The monoisotopic (exact) mass is 440 g/mol. The molecule has 0 spiro atoms. The largest absolute Gasteiger partial charge is 0.416 e. The predicted octanol–water partition coefficient (Wildman–Crippen LogP) is 2.94. The van der Waals surface area contributed by atoms with Crippen molar-refractivity contribution in [1.82, 2.24) is 9.80 Å². The Morgan fingerprint density at radius 3 is 2.39 bits per heavy atom. The highest BCUT2D eigenvalue weighted by Gasteiger charge is 2.40. The van der Waals surface area contributed by atoms with Gasteiger partial charge >= 0.3 is 6.18 Å². The van der Waals surface area contributed by atoms with Crippen LogP contribution in [0.15, 0.2) is 24.3 Å². The molecule has 6 nitrogen and oxygen atoms in total. The van der Waals surface area contributed by atoms with E-state index < -0.39 is 17.3 Å². The number of piperidine rings is 1. The van der Waals surface area contributed by atoms with Crippen molar-refractivity contribution >= 4 is 17.5 Å². The lowest BCUT2D eigenvalue weighted by Gasteiger charge is -2.39. The molecule has 2 atom stereocenters. The third-order valence-corrected chi connectivity index (χ3v) is 6.35. The molecule has 2 aliphatic heterocycles. The minimum absolute atomic E-state index is 0.0518. The Morgan fingerprint density at radius 2 is 1.81 bits per heavy atom. The number of anilines is 1. The van der Waals surface area contributed by atoms with Crippen LogP contribution in [0.5, 0.6) is 0 Å². The summed E-state index contributed by atoms with van der Waals surface area (Å²) in [6.07, 6.45) is -2.10.